The third-order valence-corrected chi connectivity index (χ3v) is 2.69. The first-order chi connectivity index (χ1) is 8.27. The Morgan fingerprint density at radius 2 is 2.29 bits per heavy atom. The van der Waals surface area contributed by atoms with Crippen molar-refractivity contribution in [3.63, 3.8) is 0 Å². The smallest absolute Gasteiger partial charge is 0.250 e. The molecule has 0 saturated heterocycles. The number of hydrogen-bond acceptors (Lipinski definition) is 3. The summed E-state index contributed by atoms with van der Waals surface area (Å²) >= 11 is 0. The van der Waals surface area contributed by atoms with E-state index in [1.165, 1.54) is 0 Å². The zero-order chi connectivity index (χ0) is 12.5. The molecule has 4 nitrogen and oxygen atoms in total. The minimum Gasteiger partial charge on any atom is -0.383 e. The van der Waals surface area contributed by atoms with E-state index in [2.05, 4.69) is 12.2 Å². The van der Waals surface area contributed by atoms with Gasteiger partial charge in [-0.15, -0.1) is 0 Å². The monoisotopic (exact) mass is 238 g/mol. The van der Waals surface area contributed by atoms with Crippen LogP contribution in [0.1, 0.15) is 19.8 Å². The molecule has 1 unspecified atom stereocenters. The highest BCUT2D eigenvalue weighted by Gasteiger charge is 2.05. The average Bonchev–Trinajstić information content (AvgIpc) is 2.32. The molecule has 17 heavy (non-hydrogen) atoms. The van der Waals surface area contributed by atoms with Crippen LogP contribution < -0.4 is 10.9 Å². The summed E-state index contributed by atoms with van der Waals surface area (Å²) in [4.78, 5) is 11.5. The summed E-state index contributed by atoms with van der Waals surface area (Å²) in [5.74, 6) is 0. The molecule has 1 rings (SSSR count). The van der Waals surface area contributed by atoms with Gasteiger partial charge in [0.05, 0.1) is 6.61 Å². The van der Waals surface area contributed by atoms with E-state index in [-0.39, 0.29) is 5.56 Å². The Hall–Kier alpha value is -1.13. The van der Waals surface area contributed by atoms with Crippen LogP contribution in [0, 0.1) is 0 Å². The fourth-order valence-corrected chi connectivity index (χ4v) is 1.83. The van der Waals surface area contributed by atoms with E-state index in [1.54, 1.807) is 23.8 Å². The van der Waals surface area contributed by atoms with Crippen molar-refractivity contribution < 1.29 is 4.74 Å². The van der Waals surface area contributed by atoms with Gasteiger partial charge in [-0.1, -0.05) is 19.4 Å². The van der Waals surface area contributed by atoms with E-state index >= 15 is 0 Å². The Bertz CT molecular complexity index is 356. The van der Waals surface area contributed by atoms with Crippen molar-refractivity contribution in [1.29, 1.82) is 0 Å². The zero-order valence-corrected chi connectivity index (χ0v) is 10.7. The highest BCUT2D eigenvalue weighted by molar-refractivity contribution is 4.93. The number of ether oxygens (including phenoxy) is 1. The van der Waals surface area contributed by atoms with Crippen LogP contribution in [0.5, 0.6) is 0 Å². The number of aromatic nitrogens is 1. The standard InChI is InChI=1S/C13H22N2O2/c1-3-6-12(11-17-2)14-8-10-15-9-5-4-7-13(15)16/h4-5,7,9,12,14H,3,6,8,10-11H2,1-2H3. The lowest BCUT2D eigenvalue weighted by Crippen LogP contribution is -2.36. The summed E-state index contributed by atoms with van der Waals surface area (Å²) in [6.45, 7) is 4.37. The van der Waals surface area contributed by atoms with Crippen LogP contribution in [0.15, 0.2) is 29.2 Å². The predicted octanol–water partition coefficient (Wildman–Crippen LogP) is 1.25. The topological polar surface area (TPSA) is 43.3 Å². The van der Waals surface area contributed by atoms with Crippen LogP contribution in [-0.2, 0) is 11.3 Å². The molecular formula is C13H22N2O2. The van der Waals surface area contributed by atoms with Crippen LogP contribution >= 0.6 is 0 Å². The number of nitrogens with zero attached hydrogens (tertiary/aromatic N) is 1. The lowest BCUT2D eigenvalue weighted by molar-refractivity contribution is 0.161. The molecule has 0 saturated carbocycles. The van der Waals surface area contributed by atoms with Crippen molar-refractivity contribution in [2.24, 2.45) is 0 Å². The second-order valence-electron chi connectivity index (χ2n) is 4.13. The van der Waals surface area contributed by atoms with Gasteiger partial charge in [-0.25, -0.2) is 0 Å². The number of pyridine rings is 1. The van der Waals surface area contributed by atoms with Gasteiger partial charge in [0.15, 0.2) is 0 Å². The lowest BCUT2D eigenvalue weighted by atomic mass is 10.2. The first kappa shape index (κ1) is 13.9. The van der Waals surface area contributed by atoms with E-state index in [0.29, 0.717) is 12.6 Å². The van der Waals surface area contributed by atoms with Crippen molar-refractivity contribution in [3.8, 4) is 0 Å². The van der Waals surface area contributed by atoms with Crippen molar-refractivity contribution in [3.05, 3.63) is 34.7 Å². The van der Waals surface area contributed by atoms with Gasteiger partial charge in [-0.05, 0) is 12.5 Å². The molecule has 1 aromatic rings. The highest BCUT2D eigenvalue weighted by atomic mass is 16.5. The van der Waals surface area contributed by atoms with Gasteiger partial charge in [0.1, 0.15) is 0 Å². The van der Waals surface area contributed by atoms with Crippen molar-refractivity contribution >= 4 is 0 Å². The Morgan fingerprint density at radius 3 is 2.94 bits per heavy atom. The molecule has 0 aromatic carbocycles. The quantitative estimate of drug-likeness (QED) is 0.741. The molecule has 0 radical (unpaired) electrons. The minimum absolute atomic E-state index is 0.0492. The lowest BCUT2D eigenvalue weighted by Gasteiger charge is -2.17. The third kappa shape index (κ3) is 5.15. The molecule has 1 heterocycles. The van der Waals surface area contributed by atoms with Gasteiger partial charge in [-0.2, -0.15) is 0 Å². The number of nitrogens with one attached hydrogen (secondary N) is 1. The third-order valence-electron chi connectivity index (χ3n) is 2.69. The average molecular weight is 238 g/mol. The van der Waals surface area contributed by atoms with Gasteiger partial charge in [0, 0.05) is 38.5 Å². The SMILES string of the molecule is CCCC(COC)NCCn1ccccc1=O. The zero-order valence-electron chi connectivity index (χ0n) is 10.7. The second-order valence-corrected chi connectivity index (χ2v) is 4.13. The van der Waals surface area contributed by atoms with E-state index in [1.807, 2.05) is 12.3 Å². The van der Waals surface area contributed by atoms with Crippen molar-refractivity contribution in [2.45, 2.75) is 32.4 Å². The summed E-state index contributed by atoms with van der Waals surface area (Å²) in [7, 11) is 1.71. The highest BCUT2D eigenvalue weighted by Crippen LogP contribution is 1.96. The normalized spacial score (nSPS) is 12.6. The fraction of sp³-hybridized carbons (Fsp3) is 0.615. The van der Waals surface area contributed by atoms with E-state index < -0.39 is 0 Å². The molecule has 0 amide bonds. The molecule has 4 heteroatoms. The number of rotatable bonds is 8. The molecule has 1 N–H and O–H groups in total. The molecule has 0 aliphatic heterocycles. The van der Waals surface area contributed by atoms with E-state index in [0.717, 1.165) is 26.0 Å². The van der Waals surface area contributed by atoms with Crippen LogP contribution in [-0.4, -0.2) is 30.9 Å². The molecular weight excluding hydrogens is 216 g/mol. The van der Waals surface area contributed by atoms with E-state index in [4.69, 9.17) is 4.74 Å². The Balaban J connectivity index is 2.35. The molecule has 0 aliphatic carbocycles. The maximum atomic E-state index is 11.5. The fourth-order valence-electron chi connectivity index (χ4n) is 1.83. The Morgan fingerprint density at radius 1 is 1.47 bits per heavy atom. The Kier molecular flexibility index (Phi) is 6.58. The molecule has 0 fully saturated rings. The molecule has 0 spiro atoms. The first-order valence-electron chi connectivity index (χ1n) is 6.15. The molecule has 1 aromatic heterocycles. The van der Waals surface area contributed by atoms with Crippen LogP contribution in [0.25, 0.3) is 0 Å². The van der Waals surface area contributed by atoms with Gasteiger partial charge < -0.3 is 14.6 Å². The van der Waals surface area contributed by atoms with Gasteiger partial charge in [0.2, 0.25) is 0 Å². The summed E-state index contributed by atoms with van der Waals surface area (Å²) in [5, 5.41) is 3.41. The van der Waals surface area contributed by atoms with Crippen LogP contribution in [0.2, 0.25) is 0 Å². The van der Waals surface area contributed by atoms with E-state index in [9.17, 15) is 4.79 Å². The summed E-state index contributed by atoms with van der Waals surface area (Å²) in [6.07, 6.45) is 4.04. The summed E-state index contributed by atoms with van der Waals surface area (Å²) in [6, 6.07) is 5.60. The predicted molar refractivity (Wildman–Crippen MR) is 69.3 cm³/mol. The number of hydrogen-bond donors (Lipinski definition) is 1. The molecule has 0 aliphatic rings. The molecule has 1 atom stereocenters. The maximum absolute atomic E-state index is 11.5. The minimum atomic E-state index is 0.0492. The maximum Gasteiger partial charge on any atom is 0.250 e. The van der Waals surface area contributed by atoms with Gasteiger partial charge in [-0.3, -0.25) is 4.79 Å². The molecule has 0 bridgehead atoms. The van der Waals surface area contributed by atoms with Crippen LogP contribution in [0.4, 0.5) is 0 Å². The van der Waals surface area contributed by atoms with Crippen molar-refractivity contribution in [1.82, 2.24) is 9.88 Å². The van der Waals surface area contributed by atoms with Crippen LogP contribution in [0.3, 0.4) is 0 Å². The van der Waals surface area contributed by atoms with Crippen molar-refractivity contribution in [2.75, 3.05) is 20.3 Å². The van der Waals surface area contributed by atoms with Gasteiger partial charge >= 0.3 is 0 Å². The summed E-state index contributed by atoms with van der Waals surface area (Å²) < 4.78 is 6.86. The van der Waals surface area contributed by atoms with Gasteiger partial charge in [0.25, 0.3) is 5.56 Å². The first-order valence-corrected chi connectivity index (χ1v) is 6.15. The second kappa shape index (κ2) is 8.03. The number of methoxy groups -OCH3 is 1. The largest absolute Gasteiger partial charge is 0.383 e. The Labute approximate surface area is 103 Å². The molecule has 96 valence electrons. The summed E-state index contributed by atoms with van der Waals surface area (Å²) in [5.41, 5.74) is 0.0492.